The van der Waals surface area contributed by atoms with Gasteiger partial charge in [0, 0.05) is 6.42 Å². The van der Waals surface area contributed by atoms with E-state index in [0.29, 0.717) is 24.2 Å². The third-order valence-corrected chi connectivity index (χ3v) is 2.31. The average molecular weight is 210 g/mol. The summed E-state index contributed by atoms with van der Waals surface area (Å²) in [7, 11) is 1.55. The molecule has 0 saturated heterocycles. The van der Waals surface area contributed by atoms with E-state index in [2.05, 4.69) is 0 Å². The number of rotatable bonds is 4. The summed E-state index contributed by atoms with van der Waals surface area (Å²) in [5.74, 6) is 0.488. The van der Waals surface area contributed by atoms with Gasteiger partial charge < -0.3 is 9.53 Å². The van der Waals surface area contributed by atoms with Gasteiger partial charge in [-0.3, -0.25) is 0 Å². The molecule has 0 fully saturated rings. The fourth-order valence-electron chi connectivity index (χ4n) is 1.39. The van der Waals surface area contributed by atoms with Crippen molar-refractivity contribution in [2.45, 2.75) is 26.7 Å². The highest BCUT2D eigenvalue weighted by atomic mass is 19.1. The molecule has 0 N–H and O–H groups in total. The van der Waals surface area contributed by atoms with Gasteiger partial charge >= 0.3 is 0 Å². The highest BCUT2D eigenvalue weighted by Crippen LogP contribution is 2.23. The molecule has 3 heteroatoms. The first kappa shape index (κ1) is 11.7. The Morgan fingerprint density at radius 3 is 2.67 bits per heavy atom. The predicted molar refractivity (Wildman–Crippen MR) is 56.7 cm³/mol. The van der Waals surface area contributed by atoms with Gasteiger partial charge in [0.15, 0.2) is 0 Å². The molecule has 0 amide bonds. The predicted octanol–water partition coefficient (Wildman–Crippen LogP) is 2.66. The Balaban J connectivity index is 2.94. The fraction of sp³-hybridized carbons (Fsp3) is 0.417. The molecule has 0 radical (unpaired) electrons. The van der Waals surface area contributed by atoms with E-state index in [1.807, 2.05) is 0 Å². The quantitative estimate of drug-likeness (QED) is 0.763. The van der Waals surface area contributed by atoms with Crippen molar-refractivity contribution >= 4 is 5.78 Å². The number of aryl methyl sites for hydroxylation is 2. The van der Waals surface area contributed by atoms with E-state index in [1.165, 1.54) is 13.0 Å². The second-order valence-corrected chi connectivity index (χ2v) is 3.62. The summed E-state index contributed by atoms with van der Waals surface area (Å²) < 4.78 is 18.4. The molecule has 0 heterocycles. The zero-order chi connectivity index (χ0) is 11.4. The molecule has 0 aliphatic rings. The van der Waals surface area contributed by atoms with Crippen molar-refractivity contribution in [3.63, 3.8) is 0 Å². The van der Waals surface area contributed by atoms with Crippen molar-refractivity contribution in [3.8, 4) is 5.75 Å². The largest absolute Gasteiger partial charge is 0.496 e. The molecule has 2 nitrogen and oxygen atoms in total. The van der Waals surface area contributed by atoms with Crippen molar-refractivity contribution in [3.05, 3.63) is 29.1 Å². The van der Waals surface area contributed by atoms with Crippen LogP contribution in [0.25, 0.3) is 0 Å². The zero-order valence-corrected chi connectivity index (χ0v) is 9.26. The van der Waals surface area contributed by atoms with Crippen molar-refractivity contribution < 1.29 is 13.9 Å². The van der Waals surface area contributed by atoms with E-state index in [9.17, 15) is 9.18 Å². The van der Waals surface area contributed by atoms with Gasteiger partial charge in [-0.1, -0.05) is 0 Å². The molecule has 0 saturated carbocycles. The van der Waals surface area contributed by atoms with Crippen LogP contribution in [0, 0.1) is 12.7 Å². The van der Waals surface area contributed by atoms with Crippen LogP contribution in [-0.2, 0) is 11.2 Å². The number of carbonyl (C=O) groups excluding carboxylic acids is 1. The maximum atomic E-state index is 13.3. The Bertz CT molecular complexity index is 372. The van der Waals surface area contributed by atoms with Gasteiger partial charge in [0.1, 0.15) is 17.3 Å². The smallest absolute Gasteiger partial charge is 0.130 e. The fourth-order valence-corrected chi connectivity index (χ4v) is 1.39. The molecule has 0 atom stereocenters. The topological polar surface area (TPSA) is 26.3 Å². The first-order valence-corrected chi connectivity index (χ1v) is 4.87. The summed E-state index contributed by atoms with van der Waals surface area (Å²) in [5, 5.41) is 0. The van der Waals surface area contributed by atoms with Crippen LogP contribution >= 0.6 is 0 Å². The average Bonchev–Trinajstić information content (AvgIpc) is 2.19. The van der Waals surface area contributed by atoms with Crippen LogP contribution in [-0.4, -0.2) is 12.9 Å². The maximum Gasteiger partial charge on any atom is 0.130 e. The molecule has 1 rings (SSSR count). The summed E-state index contributed by atoms with van der Waals surface area (Å²) in [4.78, 5) is 10.8. The molecular formula is C12H15FO2. The van der Waals surface area contributed by atoms with Crippen LogP contribution < -0.4 is 4.74 Å². The van der Waals surface area contributed by atoms with Gasteiger partial charge in [-0.2, -0.15) is 0 Å². The number of hydrogen-bond donors (Lipinski definition) is 0. The van der Waals surface area contributed by atoms with Crippen LogP contribution in [0.3, 0.4) is 0 Å². The number of Topliss-reactive ketones (excluding diaryl/α,β-unsaturated/α-hetero) is 1. The van der Waals surface area contributed by atoms with Crippen molar-refractivity contribution in [2.24, 2.45) is 0 Å². The third-order valence-electron chi connectivity index (χ3n) is 2.31. The summed E-state index contributed by atoms with van der Waals surface area (Å²) >= 11 is 0. The number of ketones is 1. The minimum Gasteiger partial charge on any atom is -0.496 e. The number of benzene rings is 1. The second kappa shape index (κ2) is 4.91. The number of ether oxygens (including phenoxy) is 1. The van der Waals surface area contributed by atoms with Crippen LogP contribution in [0.5, 0.6) is 5.75 Å². The molecule has 0 aliphatic carbocycles. The van der Waals surface area contributed by atoms with Crippen LogP contribution in [0.15, 0.2) is 12.1 Å². The highest BCUT2D eigenvalue weighted by Gasteiger charge is 2.08. The van der Waals surface area contributed by atoms with Gasteiger partial charge in [-0.25, -0.2) is 4.39 Å². The van der Waals surface area contributed by atoms with Crippen LogP contribution in [0.4, 0.5) is 4.39 Å². The monoisotopic (exact) mass is 210 g/mol. The zero-order valence-electron chi connectivity index (χ0n) is 9.26. The molecule has 0 unspecified atom stereocenters. The molecule has 0 aliphatic heterocycles. The van der Waals surface area contributed by atoms with E-state index in [0.717, 1.165) is 5.56 Å². The SMILES string of the molecule is COc1cc(C)c(F)cc1CCC(C)=O. The molecule has 0 spiro atoms. The third kappa shape index (κ3) is 3.05. The van der Waals surface area contributed by atoms with Gasteiger partial charge in [0.2, 0.25) is 0 Å². The van der Waals surface area contributed by atoms with E-state index < -0.39 is 0 Å². The Kier molecular flexibility index (Phi) is 3.83. The summed E-state index contributed by atoms with van der Waals surface area (Å²) in [5.41, 5.74) is 1.30. The number of methoxy groups -OCH3 is 1. The first-order valence-electron chi connectivity index (χ1n) is 4.87. The lowest BCUT2D eigenvalue weighted by Crippen LogP contribution is -1.99. The Morgan fingerprint density at radius 1 is 1.47 bits per heavy atom. The molecule has 15 heavy (non-hydrogen) atoms. The van der Waals surface area contributed by atoms with Gasteiger partial charge in [0.25, 0.3) is 0 Å². The van der Waals surface area contributed by atoms with Crippen LogP contribution in [0.1, 0.15) is 24.5 Å². The number of halogens is 1. The normalized spacial score (nSPS) is 10.1. The minimum absolute atomic E-state index is 0.0954. The Morgan fingerprint density at radius 2 is 2.13 bits per heavy atom. The molecule has 0 aromatic heterocycles. The van der Waals surface area contributed by atoms with Gasteiger partial charge in [-0.15, -0.1) is 0 Å². The lowest BCUT2D eigenvalue weighted by molar-refractivity contribution is -0.116. The summed E-state index contributed by atoms with van der Waals surface area (Å²) in [6, 6.07) is 3.10. The van der Waals surface area contributed by atoms with E-state index in [4.69, 9.17) is 4.74 Å². The lowest BCUT2D eigenvalue weighted by atomic mass is 10.0. The minimum atomic E-state index is -0.255. The Labute approximate surface area is 89.1 Å². The molecule has 1 aromatic carbocycles. The Hall–Kier alpha value is -1.38. The van der Waals surface area contributed by atoms with Crippen LogP contribution in [0.2, 0.25) is 0 Å². The van der Waals surface area contributed by atoms with Gasteiger partial charge in [-0.05, 0) is 43.5 Å². The number of carbonyl (C=O) groups is 1. The summed E-state index contributed by atoms with van der Waals surface area (Å²) in [6.07, 6.45) is 0.939. The second-order valence-electron chi connectivity index (χ2n) is 3.62. The molecule has 82 valence electrons. The standard InChI is InChI=1S/C12H15FO2/c1-8-6-12(15-3)10(7-11(8)13)5-4-9(2)14/h6-7H,4-5H2,1-3H3. The van der Waals surface area contributed by atoms with Gasteiger partial charge in [0.05, 0.1) is 7.11 Å². The van der Waals surface area contributed by atoms with Crippen molar-refractivity contribution in [1.29, 1.82) is 0 Å². The highest BCUT2D eigenvalue weighted by molar-refractivity contribution is 5.75. The van der Waals surface area contributed by atoms with E-state index in [-0.39, 0.29) is 11.6 Å². The molecule has 1 aromatic rings. The molecule has 0 bridgehead atoms. The first-order chi connectivity index (χ1) is 7.04. The van der Waals surface area contributed by atoms with Crippen molar-refractivity contribution in [1.82, 2.24) is 0 Å². The van der Waals surface area contributed by atoms with E-state index in [1.54, 1.807) is 20.1 Å². The number of hydrogen-bond acceptors (Lipinski definition) is 2. The summed E-state index contributed by atoms with van der Waals surface area (Å²) in [6.45, 7) is 3.21. The maximum absolute atomic E-state index is 13.3. The lowest BCUT2D eigenvalue weighted by Gasteiger charge is -2.09. The molecular weight excluding hydrogens is 195 g/mol. The van der Waals surface area contributed by atoms with Crippen molar-refractivity contribution in [2.75, 3.05) is 7.11 Å². The van der Waals surface area contributed by atoms with E-state index >= 15 is 0 Å².